The van der Waals surface area contributed by atoms with Crippen molar-refractivity contribution in [1.82, 2.24) is 0 Å². The smallest absolute Gasteiger partial charge is 0.323 e. The summed E-state index contributed by atoms with van der Waals surface area (Å²) in [5, 5.41) is 28.6. The van der Waals surface area contributed by atoms with Gasteiger partial charge in [0.2, 0.25) is 0 Å². The lowest BCUT2D eigenvalue weighted by atomic mass is 9.83. The number of carboxylic acid groups (broad SMARTS) is 1. The van der Waals surface area contributed by atoms with Crippen molar-refractivity contribution in [2.75, 3.05) is 0 Å². The molecule has 1 aromatic rings. The lowest BCUT2D eigenvalue weighted by Crippen LogP contribution is -2.45. The number of nitrogens with two attached hydrogens (primary N) is 1. The molecule has 0 aromatic heterocycles. The summed E-state index contributed by atoms with van der Waals surface area (Å²) in [7, 11) is 0. The second-order valence-corrected chi connectivity index (χ2v) is 4.74. The topological polar surface area (TPSA) is 104 Å². The van der Waals surface area contributed by atoms with E-state index in [1.807, 2.05) is 6.92 Å². The number of benzene rings is 1. The average molecular weight is 253 g/mol. The van der Waals surface area contributed by atoms with Crippen molar-refractivity contribution in [2.24, 2.45) is 5.73 Å². The van der Waals surface area contributed by atoms with Crippen molar-refractivity contribution in [3.05, 3.63) is 23.8 Å². The number of rotatable bonds is 5. The summed E-state index contributed by atoms with van der Waals surface area (Å²) in [5.41, 5.74) is 4.68. The fraction of sp³-hybridized carbons (Fsp3) is 0.462. The Kier molecular flexibility index (Phi) is 4.19. The van der Waals surface area contributed by atoms with Crippen LogP contribution in [0.4, 0.5) is 0 Å². The molecule has 0 heterocycles. The number of phenolic OH excluding ortho intramolecular Hbond substituents is 2. The SMILES string of the molecule is CCC(CC(C)(N)C(=O)O)c1c(O)cccc1O. The first-order valence-corrected chi connectivity index (χ1v) is 5.82. The molecule has 0 aliphatic heterocycles. The molecule has 0 spiro atoms. The van der Waals surface area contributed by atoms with E-state index in [0.717, 1.165) is 0 Å². The highest BCUT2D eigenvalue weighted by Crippen LogP contribution is 2.39. The molecule has 5 N–H and O–H groups in total. The third-order valence-electron chi connectivity index (χ3n) is 3.12. The molecule has 5 heteroatoms. The van der Waals surface area contributed by atoms with Crippen molar-refractivity contribution >= 4 is 5.97 Å². The lowest BCUT2D eigenvalue weighted by Gasteiger charge is -2.26. The quantitative estimate of drug-likeness (QED) is 0.640. The Labute approximate surface area is 106 Å². The van der Waals surface area contributed by atoms with E-state index in [1.165, 1.54) is 25.1 Å². The molecule has 1 rings (SSSR count). The number of aromatic hydroxyl groups is 2. The van der Waals surface area contributed by atoms with E-state index in [-0.39, 0.29) is 23.8 Å². The van der Waals surface area contributed by atoms with E-state index >= 15 is 0 Å². The van der Waals surface area contributed by atoms with Gasteiger partial charge in [0.15, 0.2) is 0 Å². The molecule has 0 bridgehead atoms. The summed E-state index contributed by atoms with van der Waals surface area (Å²) in [6, 6.07) is 4.46. The van der Waals surface area contributed by atoms with Crippen LogP contribution in [0.3, 0.4) is 0 Å². The predicted octanol–water partition coefficient (Wildman–Crippen LogP) is 1.78. The van der Waals surface area contributed by atoms with Crippen LogP contribution in [-0.4, -0.2) is 26.8 Å². The molecule has 0 radical (unpaired) electrons. The molecule has 0 aliphatic carbocycles. The van der Waals surface area contributed by atoms with Crippen molar-refractivity contribution in [3.63, 3.8) is 0 Å². The minimum Gasteiger partial charge on any atom is -0.508 e. The standard InChI is InChI=1S/C13H19NO4/c1-3-8(7-13(2,14)12(17)18)11-9(15)5-4-6-10(11)16/h4-6,8,15-16H,3,7,14H2,1-2H3,(H,17,18). The van der Waals surface area contributed by atoms with Crippen molar-refractivity contribution in [1.29, 1.82) is 0 Å². The van der Waals surface area contributed by atoms with Gasteiger partial charge in [-0.2, -0.15) is 0 Å². The van der Waals surface area contributed by atoms with Gasteiger partial charge < -0.3 is 21.1 Å². The summed E-state index contributed by atoms with van der Waals surface area (Å²) < 4.78 is 0. The first-order valence-electron chi connectivity index (χ1n) is 5.82. The number of carbonyl (C=O) groups is 1. The molecule has 0 amide bonds. The Morgan fingerprint density at radius 2 is 1.89 bits per heavy atom. The maximum atomic E-state index is 11.0. The van der Waals surface area contributed by atoms with Crippen LogP contribution in [0.25, 0.3) is 0 Å². The van der Waals surface area contributed by atoms with E-state index in [1.54, 1.807) is 0 Å². The molecule has 0 saturated heterocycles. The fourth-order valence-corrected chi connectivity index (χ4v) is 2.01. The minimum absolute atomic E-state index is 0.0389. The molecule has 1 aromatic carbocycles. The second kappa shape index (κ2) is 5.27. The van der Waals surface area contributed by atoms with Crippen LogP contribution in [-0.2, 0) is 4.79 Å². The first-order chi connectivity index (χ1) is 8.29. The average Bonchev–Trinajstić information content (AvgIpc) is 2.26. The normalized spacial score (nSPS) is 15.9. The highest BCUT2D eigenvalue weighted by atomic mass is 16.4. The van der Waals surface area contributed by atoms with Gasteiger partial charge in [-0.3, -0.25) is 4.79 Å². The molecule has 2 unspecified atom stereocenters. The van der Waals surface area contributed by atoms with Crippen LogP contribution >= 0.6 is 0 Å². The highest BCUT2D eigenvalue weighted by molar-refractivity contribution is 5.78. The second-order valence-electron chi connectivity index (χ2n) is 4.74. The summed E-state index contributed by atoms with van der Waals surface area (Å²) >= 11 is 0. The molecular weight excluding hydrogens is 234 g/mol. The van der Waals surface area contributed by atoms with Gasteiger partial charge >= 0.3 is 5.97 Å². The fourth-order valence-electron chi connectivity index (χ4n) is 2.01. The van der Waals surface area contributed by atoms with Gasteiger partial charge in [-0.15, -0.1) is 0 Å². The molecule has 5 nitrogen and oxygen atoms in total. The molecule has 18 heavy (non-hydrogen) atoms. The maximum absolute atomic E-state index is 11.0. The van der Waals surface area contributed by atoms with Crippen molar-refractivity contribution < 1.29 is 20.1 Å². The Morgan fingerprint density at radius 1 is 1.39 bits per heavy atom. The molecule has 100 valence electrons. The predicted molar refractivity (Wildman–Crippen MR) is 67.6 cm³/mol. The molecule has 2 atom stereocenters. The van der Waals surface area contributed by atoms with E-state index < -0.39 is 11.5 Å². The number of carboxylic acids is 1. The van der Waals surface area contributed by atoms with Crippen LogP contribution in [0.15, 0.2) is 18.2 Å². The minimum atomic E-state index is -1.39. The van der Waals surface area contributed by atoms with Gasteiger partial charge in [0.1, 0.15) is 17.0 Å². The van der Waals surface area contributed by atoms with Gasteiger partial charge in [0.25, 0.3) is 0 Å². The van der Waals surface area contributed by atoms with E-state index in [2.05, 4.69) is 0 Å². The lowest BCUT2D eigenvalue weighted by molar-refractivity contribution is -0.143. The van der Waals surface area contributed by atoms with Gasteiger partial charge in [-0.1, -0.05) is 13.0 Å². The van der Waals surface area contributed by atoms with Crippen LogP contribution in [0.5, 0.6) is 11.5 Å². The van der Waals surface area contributed by atoms with Crippen LogP contribution < -0.4 is 5.73 Å². The van der Waals surface area contributed by atoms with Crippen LogP contribution in [0, 0.1) is 0 Å². The van der Waals surface area contributed by atoms with Crippen LogP contribution in [0.2, 0.25) is 0 Å². The van der Waals surface area contributed by atoms with E-state index in [9.17, 15) is 15.0 Å². The zero-order valence-electron chi connectivity index (χ0n) is 10.6. The highest BCUT2D eigenvalue weighted by Gasteiger charge is 2.33. The molecule has 0 saturated carbocycles. The van der Waals surface area contributed by atoms with E-state index in [4.69, 9.17) is 10.8 Å². The summed E-state index contributed by atoms with van der Waals surface area (Å²) in [4.78, 5) is 11.0. The Hall–Kier alpha value is -1.75. The van der Waals surface area contributed by atoms with Crippen molar-refractivity contribution in [2.45, 2.75) is 38.1 Å². The number of hydrogen-bond donors (Lipinski definition) is 4. The monoisotopic (exact) mass is 253 g/mol. The third-order valence-corrected chi connectivity index (χ3v) is 3.12. The number of hydrogen-bond acceptors (Lipinski definition) is 4. The van der Waals surface area contributed by atoms with Gasteiger partial charge in [0.05, 0.1) is 0 Å². The van der Waals surface area contributed by atoms with Gasteiger partial charge in [-0.05, 0) is 37.8 Å². The Morgan fingerprint density at radius 3 is 2.28 bits per heavy atom. The van der Waals surface area contributed by atoms with Crippen LogP contribution in [0.1, 0.15) is 38.2 Å². The number of phenols is 2. The molecule has 0 fully saturated rings. The van der Waals surface area contributed by atoms with E-state index in [0.29, 0.717) is 12.0 Å². The molecule has 0 aliphatic rings. The summed E-state index contributed by atoms with van der Waals surface area (Å²) in [5.74, 6) is -1.49. The zero-order valence-corrected chi connectivity index (χ0v) is 10.6. The third kappa shape index (κ3) is 2.92. The number of aliphatic carboxylic acids is 1. The summed E-state index contributed by atoms with van der Waals surface area (Å²) in [6.07, 6.45) is 0.717. The van der Waals surface area contributed by atoms with Gasteiger partial charge in [-0.25, -0.2) is 0 Å². The van der Waals surface area contributed by atoms with Gasteiger partial charge in [0, 0.05) is 5.56 Å². The largest absolute Gasteiger partial charge is 0.508 e. The van der Waals surface area contributed by atoms with Crippen molar-refractivity contribution in [3.8, 4) is 11.5 Å². The Balaban J connectivity index is 3.08. The maximum Gasteiger partial charge on any atom is 0.323 e. The Bertz CT molecular complexity index is 422. The zero-order chi connectivity index (χ0) is 13.9. The first kappa shape index (κ1) is 14.3. The molecular formula is C13H19NO4. The summed E-state index contributed by atoms with van der Waals surface area (Å²) in [6.45, 7) is 3.28.